The van der Waals surface area contributed by atoms with Crippen molar-refractivity contribution in [3.63, 3.8) is 0 Å². The number of nitrogens with zero attached hydrogens (tertiary/aromatic N) is 3. The Hall–Kier alpha value is -2.63. The molecule has 1 aliphatic rings. The lowest BCUT2D eigenvalue weighted by Gasteiger charge is -2.21. The summed E-state index contributed by atoms with van der Waals surface area (Å²) in [5.74, 6) is 1.60. The molecule has 0 amide bonds. The number of aromatic nitrogens is 1. The molecule has 2 aromatic rings. The average Bonchev–Trinajstić information content (AvgIpc) is 3.01. The summed E-state index contributed by atoms with van der Waals surface area (Å²) in [6.45, 7) is 5.21. The Morgan fingerprint density at radius 1 is 1.04 bits per heavy atom. The third kappa shape index (κ3) is 5.68. The SMILES string of the molecule is CN=C(NCc1ccc(N2CCCCCC2)nc1)NCc1ccc(F)c(C)c1. The molecule has 5 nitrogen and oxygen atoms in total. The predicted octanol–water partition coefficient (Wildman–Crippen LogP) is 3.77. The summed E-state index contributed by atoms with van der Waals surface area (Å²) >= 11 is 0. The van der Waals surface area contributed by atoms with Crippen LogP contribution in [0.1, 0.15) is 42.4 Å². The Balaban J connectivity index is 1.49. The van der Waals surface area contributed by atoms with Crippen LogP contribution in [0.15, 0.2) is 41.5 Å². The molecule has 1 saturated heterocycles. The molecule has 0 spiro atoms. The van der Waals surface area contributed by atoms with E-state index in [0.29, 0.717) is 24.6 Å². The summed E-state index contributed by atoms with van der Waals surface area (Å²) in [6, 6.07) is 9.37. The van der Waals surface area contributed by atoms with E-state index in [0.717, 1.165) is 30.0 Å². The zero-order chi connectivity index (χ0) is 19.8. The van der Waals surface area contributed by atoms with E-state index in [1.807, 2.05) is 12.3 Å². The van der Waals surface area contributed by atoms with E-state index in [4.69, 9.17) is 0 Å². The Bertz CT molecular complexity index is 780. The first-order valence-corrected chi connectivity index (χ1v) is 10.0. The highest BCUT2D eigenvalue weighted by Crippen LogP contribution is 2.17. The molecule has 2 N–H and O–H groups in total. The standard InChI is InChI=1S/C22H30FN5/c1-17-13-18(7-9-20(17)23)14-26-22(24-2)27-16-19-8-10-21(25-15-19)28-11-5-3-4-6-12-28/h7-10,13,15H,3-6,11-12,14,16H2,1-2H3,(H2,24,26,27). The normalized spacial score (nSPS) is 15.2. The van der Waals surface area contributed by atoms with Crippen LogP contribution in [0.5, 0.6) is 0 Å². The maximum Gasteiger partial charge on any atom is 0.191 e. The monoisotopic (exact) mass is 383 g/mol. The minimum atomic E-state index is -0.178. The summed E-state index contributed by atoms with van der Waals surface area (Å²) in [5.41, 5.74) is 2.78. The number of nitrogens with one attached hydrogen (secondary N) is 2. The summed E-state index contributed by atoms with van der Waals surface area (Å²) in [5, 5.41) is 6.56. The van der Waals surface area contributed by atoms with Crippen molar-refractivity contribution < 1.29 is 4.39 Å². The van der Waals surface area contributed by atoms with E-state index in [-0.39, 0.29) is 5.82 Å². The number of guanidine groups is 1. The van der Waals surface area contributed by atoms with E-state index < -0.39 is 0 Å². The fraction of sp³-hybridized carbons (Fsp3) is 0.455. The van der Waals surface area contributed by atoms with Gasteiger partial charge in [0.05, 0.1) is 0 Å². The Kier molecular flexibility index (Phi) is 7.23. The highest BCUT2D eigenvalue weighted by molar-refractivity contribution is 5.79. The van der Waals surface area contributed by atoms with Crippen LogP contribution in [0, 0.1) is 12.7 Å². The van der Waals surface area contributed by atoms with Crippen molar-refractivity contribution in [2.45, 2.75) is 45.7 Å². The molecule has 0 saturated carbocycles. The smallest absolute Gasteiger partial charge is 0.191 e. The van der Waals surface area contributed by atoms with Crippen LogP contribution >= 0.6 is 0 Å². The van der Waals surface area contributed by atoms with Crippen LogP contribution in [0.25, 0.3) is 0 Å². The molecule has 0 radical (unpaired) electrons. The van der Waals surface area contributed by atoms with Gasteiger partial charge in [-0.3, -0.25) is 4.99 Å². The lowest BCUT2D eigenvalue weighted by atomic mass is 10.1. The molecule has 1 aromatic carbocycles. The number of aryl methyl sites for hydroxylation is 1. The zero-order valence-electron chi connectivity index (χ0n) is 16.8. The number of anilines is 1. The van der Waals surface area contributed by atoms with Crippen LogP contribution in [0.2, 0.25) is 0 Å². The van der Waals surface area contributed by atoms with Gasteiger partial charge in [0, 0.05) is 39.4 Å². The largest absolute Gasteiger partial charge is 0.357 e. The molecule has 6 heteroatoms. The van der Waals surface area contributed by atoms with Crippen LogP contribution in [-0.4, -0.2) is 31.1 Å². The second-order valence-electron chi connectivity index (χ2n) is 7.29. The first-order chi connectivity index (χ1) is 13.7. The van der Waals surface area contributed by atoms with E-state index >= 15 is 0 Å². The number of halogens is 1. The molecule has 0 bridgehead atoms. The number of hydrogen-bond acceptors (Lipinski definition) is 3. The van der Waals surface area contributed by atoms with Gasteiger partial charge < -0.3 is 15.5 Å². The quantitative estimate of drug-likeness (QED) is 0.610. The number of rotatable bonds is 5. The van der Waals surface area contributed by atoms with Gasteiger partial charge in [-0.25, -0.2) is 9.37 Å². The lowest BCUT2D eigenvalue weighted by Crippen LogP contribution is -2.36. The highest BCUT2D eigenvalue weighted by Gasteiger charge is 2.10. The Morgan fingerprint density at radius 3 is 2.32 bits per heavy atom. The van der Waals surface area contributed by atoms with Crippen molar-refractivity contribution in [1.82, 2.24) is 15.6 Å². The highest BCUT2D eigenvalue weighted by atomic mass is 19.1. The maximum absolute atomic E-state index is 13.4. The van der Waals surface area contributed by atoms with Crippen LogP contribution in [-0.2, 0) is 13.1 Å². The van der Waals surface area contributed by atoms with Crippen molar-refractivity contribution >= 4 is 11.8 Å². The van der Waals surface area contributed by atoms with Gasteiger partial charge in [-0.15, -0.1) is 0 Å². The second kappa shape index (κ2) is 10.1. The minimum absolute atomic E-state index is 0.178. The van der Waals surface area contributed by atoms with Crippen molar-refractivity contribution in [2.75, 3.05) is 25.0 Å². The van der Waals surface area contributed by atoms with Gasteiger partial charge in [0.2, 0.25) is 0 Å². The van der Waals surface area contributed by atoms with Crippen LogP contribution in [0.3, 0.4) is 0 Å². The van der Waals surface area contributed by atoms with Gasteiger partial charge in [0.15, 0.2) is 5.96 Å². The van der Waals surface area contributed by atoms with Gasteiger partial charge >= 0.3 is 0 Å². The number of pyridine rings is 1. The van der Waals surface area contributed by atoms with Gasteiger partial charge in [-0.05, 0) is 48.6 Å². The Morgan fingerprint density at radius 2 is 1.71 bits per heavy atom. The average molecular weight is 384 g/mol. The fourth-order valence-electron chi connectivity index (χ4n) is 3.42. The van der Waals surface area contributed by atoms with Crippen LogP contribution in [0.4, 0.5) is 10.2 Å². The third-order valence-electron chi connectivity index (χ3n) is 5.11. The lowest BCUT2D eigenvalue weighted by molar-refractivity contribution is 0.617. The van der Waals surface area contributed by atoms with Crippen molar-refractivity contribution in [2.24, 2.45) is 4.99 Å². The topological polar surface area (TPSA) is 52.6 Å². The summed E-state index contributed by atoms with van der Waals surface area (Å²) in [4.78, 5) is 11.3. The van der Waals surface area contributed by atoms with Gasteiger partial charge in [0.25, 0.3) is 0 Å². The molecule has 0 atom stereocenters. The maximum atomic E-state index is 13.4. The first kappa shape index (κ1) is 20.1. The fourth-order valence-corrected chi connectivity index (χ4v) is 3.42. The minimum Gasteiger partial charge on any atom is -0.357 e. The van der Waals surface area contributed by atoms with E-state index in [9.17, 15) is 4.39 Å². The molecular weight excluding hydrogens is 353 g/mol. The molecule has 150 valence electrons. The summed E-state index contributed by atoms with van der Waals surface area (Å²) in [7, 11) is 1.74. The van der Waals surface area contributed by atoms with E-state index in [2.05, 4.69) is 37.6 Å². The van der Waals surface area contributed by atoms with E-state index in [1.165, 1.54) is 31.7 Å². The number of aliphatic imine (C=N–C) groups is 1. The Labute approximate surface area is 167 Å². The first-order valence-electron chi connectivity index (χ1n) is 10.0. The molecular formula is C22H30FN5. The predicted molar refractivity (Wildman–Crippen MR) is 113 cm³/mol. The molecule has 28 heavy (non-hydrogen) atoms. The molecule has 1 aromatic heterocycles. The van der Waals surface area contributed by atoms with E-state index in [1.54, 1.807) is 20.0 Å². The summed E-state index contributed by atoms with van der Waals surface area (Å²) in [6.07, 6.45) is 7.08. The zero-order valence-corrected chi connectivity index (χ0v) is 16.8. The molecule has 1 fully saturated rings. The van der Waals surface area contributed by atoms with Gasteiger partial charge in [-0.2, -0.15) is 0 Å². The van der Waals surface area contributed by atoms with Crippen molar-refractivity contribution in [3.05, 3.63) is 59.0 Å². The molecule has 0 unspecified atom stereocenters. The van der Waals surface area contributed by atoms with Gasteiger partial charge in [-0.1, -0.05) is 31.0 Å². The second-order valence-corrected chi connectivity index (χ2v) is 7.29. The third-order valence-corrected chi connectivity index (χ3v) is 5.11. The molecule has 2 heterocycles. The molecule has 0 aliphatic carbocycles. The van der Waals surface area contributed by atoms with Gasteiger partial charge in [0.1, 0.15) is 11.6 Å². The van der Waals surface area contributed by atoms with Crippen molar-refractivity contribution in [1.29, 1.82) is 0 Å². The molecule has 1 aliphatic heterocycles. The number of hydrogen-bond donors (Lipinski definition) is 2. The molecule has 3 rings (SSSR count). The summed E-state index contributed by atoms with van der Waals surface area (Å²) < 4.78 is 13.4. The number of benzene rings is 1. The van der Waals surface area contributed by atoms with Crippen molar-refractivity contribution in [3.8, 4) is 0 Å². The van der Waals surface area contributed by atoms with Crippen LogP contribution < -0.4 is 15.5 Å².